The molecule has 0 radical (unpaired) electrons. The fourth-order valence-corrected chi connectivity index (χ4v) is 12.1. The maximum Gasteiger partial charge on any atom is 0.306 e. The third-order valence-corrected chi connectivity index (χ3v) is 18.2. The van der Waals surface area contributed by atoms with E-state index in [1.54, 1.807) is 0 Å². The number of unbranched alkanes of at least 4 members (excludes halogenated alkanes) is 48. The third kappa shape index (κ3) is 68.2. The molecule has 512 valence electrons. The molecule has 0 bridgehead atoms. The topological polar surface area (TPSA) is 114 Å². The molecule has 87 heavy (non-hydrogen) atoms. The smallest absolute Gasteiger partial charge is 0.306 e. The van der Waals surface area contributed by atoms with Gasteiger partial charge in [0.2, 0.25) is 5.91 Å². The molecule has 3 unspecified atom stereocenters. The highest BCUT2D eigenvalue weighted by Gasteiger charge is 2.27. The molecule has 0 rings (SSSR count). The summed E-state index contributed by atoms with van der Waals surface area (Å²) >= 11 is 0. The Kier molecular flexibility index (Phi) is 65.3. The predicted octanol–water partition coefficient (Wildman–Crippen LogP) is 23.7. The van der Waals surface area contributed by atoms with Crippen LogP contribution in [0.5, 0.6) is 0 Å². The van der Waals surface area contributed by atoms with Gasteiger partial charge in [-0.1, -0.05) is 327 Å². The lowest BCUT2D eigenvalue weighted by atomic mass is 10.0. The number of amides is 1. The summed E-state index contributed by atoms with van der Waals surface area (Å²) in [6.07, 6.45) is 85.4. The monoisotopic (exact) mass is 1240 g/mol. The van der Waals surface area contributed by atoms with E-state index >= 15 is 0 Å². The largest absolute Gasteiger partial charge is 0.756 e. The van der Waals surface area contributed by atoms with Crippen LogP contribution >= 0.6 is 7.82 Å². The highest BCUT2D eigenvalue weighted by Crippen LogP contribution is 2.38. The molecule has 0 heterocycles. The Morgan fingerprint density at radius 2 is 0.701 bits per heavy atom. The number of carbonyl (C=O) groups is 2. The van der Waals surface area contributed by atoms with Crippen molar-refractivity contribution in [2.75, 3.05) is 40.9 Å². The van der Waals surface area contributed by atoms with Gasteiger partial charge < -0.3 is 28.5 Å². The lowest BCUT2D eigenvalue weighted by Gasteiger charge is -2.30. The number of likely N-dealkylation sites (N-methyl/N-ethyl adjacent to an activating group) is 1. The number of phosphoric acid groups is 1. The average Bonchev–Trinajstić information content (AvgIpc) is 3.70. The number of quaternary nitrogens is 1. The minimum absolute atomic E-state index is 0.0203. The maximum absolute atomic E-state index is 13.6. The molecule has 0 fully saturated rings. The predicted molar refractivity (Wildman–Crippen MR) is 376 cm³/mol. The van der Waals surface area contributed by atoms with Crippen LogP contribution < -0.4 is 10.2 Å². The summed E-state index contributed by atoms with van der Waals surface area (Å²) in [5.74, 6) is -0.523. The first kappa shape index (κ1) is 85.0. The number of nitrogens with zero attached hydrogens (tertiary/aromatic N) is 1. The standard InChI is InChI=1S/C77H147N2O7P/c1-7-10-13-16-19-22-25-27-29-31-33-35-37-38-39-40-42-43-45-47-49-51-54-57-60-63-66-69-76(80)78-74(73-85-87(82,83)84-72-71-79(4,5)6)75(68-65-62-59-56-53-24-21-18-15-12-9-3)86-77(81)70-67-64-61-58-55-52-50-48-46-44-41-36-34-32-30-28-26-23-20-17-14-11-8-2/h20,23,27-30,65,68,74-75H,7-19,21-22,24-26,31-64,66-67,69-73H2,1-6H3,(H-,78,80,82,83)/b23-20-,29-27+,30-28-,68-65-. The van der Waals surface area contributed by atoms with Crippen molar-refractivity contribution < 1.29 is 37.3 Å². The molecule has 0 spiro atoms. The van der Waals surface area contributed by atoms with E-state index < -0.39 is 20.0 Å². The molecule has 9 nitrogen and oxygen atoms in total. The van der Waals surface area contributed by atoms with Gasteiger partial charge in [-0.05, 0) is 89.5 Å². The molecule has 0 aromatic heterocycles. The van der Waals surface area contributed by atoms with Gasteiger partial charge >= 0.3 is 5.97 Å². The first-order chi connectivity index (χ1) is 42.4. The molecule has 10 heteroatoms. The van der Waals surface area contributed by atoms with Gasteiger partial charge in [-0.2, -0.15) is 0 Å². The number of hydrogen-bond acceptors (Lipinski definition) is 7. The molecular weight excluding hydrogens is 1100 g/mol. The van der Waals surface area contributed by atoms with Crippen molar-refractivity contribution in [2.45, 2.75) is 392 Å². The van der Waals surface area contributed by atoms with E-state index in [4.69, 9.17) is 13.8 Å². The summed E-state index contributed by atoms with van der Waals surface area (Å²) in [5, 5.41) is 3.05. The lowest BCUT2D eigenvalue weighted by molar-refractivity contribution is -0.870. The number of phosphoric ester groups is 1. The third-order valence-electron chi connectivity index (χ3n) is 17.2. The van der Waals surface area contributed by atoms with Crippen LogP contribution in [0.2, 0.25) is 0 Å². The molecule has 1 amide bonds. The molecule has 0 aromatic carbocycles. The van der Waals surface area contributed by atoms with Crippen LogP contribution in [0.4, 0.5) is 0 Å². The molecule has 0 saturated heterocycles. The van der Waals surface area contributed by atoms with Crippen molar-refractivity contribution in [3.8, 4) is 0 Å². The minimum Gasteiger partial charge on any atom is -0.756 e. The van der Waals surface area contributed by atoms with Gasteiger partial charge in [0, 0.05) is 12.8 Å². The molecule has 0 aromatic rings. The zero-order valence-corrected chi connectivity index (χ0v) is 59.6. The van der Waals surface area contributed by atoms with Gasteiger partial charge in [-0.3, -0.25) is 14.2 Å². The number of rotatable bonds is 70. The number of esters is 1. The molecular formula is C77H147N2O7P. The van der Waals surface area contributed by atoms with Crippen LogP contribution in [-0.2, 0) is 27.9 Å². The van der Waals surface area contributed by atoms with Crippen LogP contribution in [0.3, 0.4) is 0 Å². The van der Waals surface area contributed by atoms with Gasteiger partial charge in [-0.25, -0.2) is 0 Å². The summed E-state index contributed by atoms with van der Waals surface area (Å²) in [6.45, 7) is 6.87. The summed E-state index contributed by atoms with van der Waals surface area (Å²) in [7, 11) is 1.20. The Morgan fingerprint density at radius 3 is 1.07 bits per heavy atom. The van der Waals surface area contributed by atoms with Crippen molar-refractivity contribution in [2.24, 2.45) is 0 Å². The number of hydrogen-bond donors (Lipinski definition) is 1. The van der Waals surface area contributed by atoms with E-state index in [1.807, 2.05) is 33.3 Å². The minimum atomic E-state index is -4.70. The summed E-state index contributed by atoms with van der Waals surface area (Å²) in [4.78, 5) is 40.2. The Morgan fingerprint density at radius 1 is 0.402 bits per heavy atom. The van der Waals surface area contributed by atoms with E-state index in [0.29, 0.717) is 17.4 Å². The SMILES string of the molecule is CCCCC/C=C\C/C=C\CCCCCCCCCCCCCCCC(=O)OC(/C=C\CCCCCCCCCCC)C(COP(=O)([O-])OCC[N+](C)(C)C)NC(=O)CCCCCCCCCCCCCCCCCCC/C=C/CCCCCCCC. The highest BCUT2D eigenvalue weighted by molar-refractivity contribution is 7.45. The fourth-order valence-electron chi connectivity index (χ4n) is 11.4. The van der Waals surface area contributed by atoms with Gasteiger partial charge in [-0.15, -0.1) is 0 Å². The summed E-state index contributed by atoms with van der Waals surface area (Å²) < 4.78 is 30.5. The lowest BCUT2D eigenvalue weighted by Crippen LogP contribution is -2.47. The van der Waals surface area contributed by atoms with Crippen molar-refractivity contribution in [1.29, 1.82) is 0 Å². The van der Waals surface area contributed by atoms with E-state index in [-0.39, 0.29) is 31.5 Å². The van der Waals surface area contributed by atoms with Gasteiger partial charge in [0.15, 0.2) is 0 Å². The second-order valence-corrected chi connectivity index (χ2v) is 28.6. The summed E-state index contributed by atoms with van der Waals surface area (Å²) in [5.41, 5.74) is 0. The van der Waals surface area contributed by atoms with Crippen LogP contribution in [-0.4, -0.2) is 69.4 Å². The number of nitrogens with one attached hydrogen (secondary N) is 1. The summed E-state index contributed by atoms with van der Waals surface area (Å²) in [6, 6.07) is -0.887. The second-order valence-electron chi connectivity index (χ2n) is 27.1. The second kappa shape index (κ2) is 66.9. The van der Waals surface area contributed by atoms with Crippen molar-refractivity contribution in [1.82, 2.24) is 5.32 Å². The van der Waals surface area contributed by atoms with Crippen molar-refractivity contribution in [3.05, 3.63) is 48.6 Å². The van der Waals surface area contributed by atoms with Gasteiger partial charge in [0.25, 0.3) is 7.82 Å². The van der Waals surface area contributed by atoms with Crippen LogP contribution in [0.25, 0.3) is 0 Å². The van der Waals surface area contributed by atoms with Crippen molar-refractivity contribution in [3.63, 3.8) is 0 Å². The Hall–Kier alpha value is -2.03. The zero-order valence-electron chi connectivity index (χ0n) is 58.7. The van der Waals surface area contributed by atoms with E-state index in [2.05, 4.69) is 62.5 Å². The zero-order chi connectivity index (χ0) is 63.5. The van der Waals surface area contributed by atoms with Gasteiger partial charge in [0.05, 0.1) is 33.8 Å². The first-order valence-corrected chi connectivity index (χ1v) is 39.4. The Balaban J connectivity index is 4.90. The van der Waals surface area contributed by atoms with Crippen molar-refractivity contribution >= 4 is 19.7 Å². The normalized spacial score (nSPS) is 13.7. The van der Waals surface area contributed by atoms with E-state index in [9.17, 15) is 19.0 Å². The maximum atomic E-state index is 13.6. The molecule has 0 aliphatic heterocycles. The molecule has 0 saturated carbocycles. The average molecular weight is 1240 g/mol. The fraction of sp³-hybridized carbons (Fsp3) is 0.870. The Labute approximate surface area is 541 Å². The van der Waals surface area contributed by atoms with Crippen LogP contribution in [0, 0.1) is 0 Å². The van der Waals surface area contributed by atoms with Crippen LogP contribution in [0.1, 0.15) is 380 Å². The van der Waals surface area contributed by atoms with Gasteiger partial charge in [0.1, 0.15) is 19.3 Å². The quantitative estimate of drug-likeness (QED) is 0.0212. The molecule has 0 aliphatic carbocycles. The highest BCUT2D eigenvalue weighted by atomic mass is 31.2. The van der Waals surface area contributed by atoms with E-state index in [0.717, 1.165) is 64.2 Å². The van der Waals surface area contributed by atoms with E-state index in [1.165, 1.54) is 283 Å². The first-order valence-electron chi connectivity index (χ1n) is 37.9. The number of ether oxygens (including phenoxy) is 1. The number of allylic oxidation sites excluding steroid dienone is 7. The number of carbonyl (C=O) groups excluding carboxylic acids is 2. The molecule has 0 aliphatic rings. The molecule has 1 N–H and O–H groups in total. The Bertz CT molecular complexity index is 1620. The van der Waals surface area contributed by atoms with Crippen LogP contribution in [0.15, 0.2) is 48.6 Å². The molecule has 3 atom stereocenters.